The lowest BCUT2D eigenvalue weighted by molar-refractivity contribution is -0.128. The minimum Gasteiger partial charge on any atom is -0.355 e. The standard InChI is InChI=1S/C16H22F2N2O2/c1-10(11-5-6-12(17)13(18)9-11)20-14(21)7-8-19-15(22)16(2,3)4/h5-6,9-10H,7-8H2,1-4H3,(H,19,22)(H,20,21). The molecule has 2 N–H and O–H groups in total. The Hall–Kier alpha value is -1.98. The Bertz CT molecular complexity index is 554. The summed E-state index contributed by atoms with van der Waals surface area (Å²) in [7, 11) is 0. The highest BCUT2D eigenvalue weighted by Crippen LogP contribution is 2.16. The second kappa shape index (κ2) is 7.33. The largest absolute Gasteiger partial charge is 0.355 e. The number of amides is 2. The van der Waals surface area contributed by atoms with Crippen LogP contribution in [-0.2, 0) is 9.59 Å². The molecule has 0 aliphatic rings. The summed E-state index contributed by atoms with van der Waals surface area (Å²) in [5.41, 5.74) is -0.0268. The van der Waals surface area contributed by atoms with E-state index in [0.29, 0.717) is 5.56 Å². The van der Waals surface area contributed by atoms with Gasteiger partial charge in [-0.15, -0.1) is 0 Å². The molecule has 6 heteroatoms. The summed E-state index contributed by atoms with van der Waals surface area (Å²) in [6, 6.07) is 3.06. The number of hydrogen-bond donors (Lipinski definition) is 2. The number of carbonyl (C=O) groups is 2. The average molecular weight is 312 g/mol. The van der Waals surface area contributed by atoms with Crippen LogP contribution in [0.1, 0.15) is 45.7 Å². The van der Waals surface area contributed by atoms with Gasteiger partial charge in [0, 0.05) is 18.4 Å². The van der Waals surface area contributed by atoms with Gasteiger partial charge in [-0.25, -0.2) is 8.78 Å². The fourth-order valence-corrected chi connectivity index (χ4v) is 1.73. The summed E-state index contributed by atoms with van der Waals surface area (Å²) >= 11 is 0. The summed E-state index contributed by atoms with van der Waals surface area (Å²) in [6.45, 7) is 7.26. The van der Waals surface area contributed by atoms with Crippen molar-refractivity contribution in [2.24, 2.45) is 5.41 Å². The van der Waals surface area contributed by atoms with Crippen molar-refractivity contribution in [3.8, 4) is 0 Å². The molecule has 0 saturated carbocycles. The molecule has 0 aromatic heterocycles. The molecule has 0 saturated heterocycles. The highest BCUT2D eigenvalue weighted by Gasteiger charge is 2.20. The van der Waals surface area contributed by atoms with E-state index in [9.17, 15) is 18.4 Å². The molecule has 0 fully saturated rings. The van der Waals surface area contributed by atoms with Crippen molar-refractivity contribution in [1.82, 2.24) is 10.6 Å². The first-order chi connectivity index (χ1) is 10.1. The Morgan fingerprint density at radius 3 is 2.36 bits per heavy atom. The first kappa shape index (κ1) is 18.1. The number of halogens is 2. The van der Waals surface area contributed by atoms with E-state index in [-0.39, 0.29) is 24.8 Å². The van der Waals surface area contributed by atoms with E-state index in [4.69, 9.17) is 0 Å². The Kier molecular flexibility index (Phi) is 6.02. The molecular formula is C16H22F2N2O2. The van der Waals surface area contributed by atoms with Crippen molar-refractivity contribution >= 4 is 11.8 Å². The molecule has 4 nitrogen and oxygen atoms in total. The van der Waals surface area contributed by atoms with Crippen molar-refractivity contribution in [3.63, 3.8) is 0 Å². The zero-order valence-electron chi connectivity index (χ0n) is 13.3. The number of nitrogens with one attached hydrogen (secondary N) is 2. The molecule has 0 spiro atoms. The lowest BCUT2D eigenvalue weighted by atomic mass is 9.96. The third-order valence-electron chi connectivity index (χ3n) is 3.14. The van der Waals surface area contributed by atoms with Gasteiger partial charge in [-0.1, -0.05) is 26.8 Å². The summed E-state index contributed by atoms with van der Waals surface area (Å²) in [6.07, 6.45) is 0.121. The molecule has 0 aliphatic carbocycles. The van der Waals surface area contributed by atoms with E-state index in [0.717, 1.165) is 12.1 Å². The van der Waals surface area contributed by atoms with Crippen LogP contribution in [0.15, 0.2) is 18.2 Å². The minimum atomic E-state index is -0.948. The molecule has 0 bridgehead atoms. The van der Waals surface area contributed by atoms with Gasteiger partial charge >= 0.3 is 0 Å². The van der Waals surface area contributed by atoms with Crippen LogP contribution in [0, 0.1) is 17.0 Å². The molecule has 1 aromatic rings. The minimum absolute atomic E-state index is 0.121. The molecule has 2 amide bonds. The van der Waals surface area contributed by atoms with Gasteiger partial charge in [0.25, 0.3) is 0 Å². The Labute approximate surface area is 129 Å². The normalized spacial score (nSPS) is 12.6. The Morgan fingerprint density at radius 1 is 1.18 bits per heavy atom. The quantitative estimate of drug-likeness (QED) is 0.878. The van der Waals surface area contributed by atoms with Crippen molar-refractivity contribution < 1.29 is 18.4 Å². The Balaban J connectivity index is 2.44. The lowest BCUT2D eigenvalue weighted by Crippen LogP contribution is -2.37. The van der Waals surface area contributed by atoms with Gasteiger partial charge in [0.05, 0.1) is 6.04 Å². The third-order valence-corrected chi connectivity index (χ3v) is 3.14. The van der Waals surface area contributed by atoms with Gasteiger partial charge in [-0.05, 0) is 24.6 Å². The van der Waals surface area contributed by atoms with Crippen LogP contribution >= 0.6 is 0 Å². The van der Waals surface area contributed by atoms with Gasteiger partial charge < -0.3 is 10.6 Å². The second-order valence-electron chi connectivity index (χ2n) is 6.22. The SMILES string of the molecule is CC(NC(=O)CCNC(=O)C(C)(C)C)c1ccc(F)c(F)c1. The predicted octanol–water partition coefficient (Wildman–Crippen LogP) is 2.69. The van der Waals surface area contributed by atoms with Crippen molar-refractivity contribution in [3.05, 3.63) is 35.4 Å². The molecule has 122 valence electrons. The van der Waals surface area contributed by atoms with Crippen molar-refractivity contribution in [2.75, 3.05) is 6.54 Å². The van der Waals surface area contributed by atoms with Gasteiger partial charge in [0.2, 0.25) is 11.8 Å². The molecule has 1 rings (SSSR count). The number of carbonyl (C=O) groups excluding carboxylic acids is 2. The average Bonchev–Trinajstić information content (AvgIpc) is 2.40. The predicted molar refractivity (Wildman–Crippen MR) is 80.0 cm³/mol. The van der Waals surface area contributed by atoms with Crippen molar-refractivity contribution in [2.45, 2.75) is 40.2 Å². The first-order valence-electron chi connectivity index (χ1n) is 7.14. The van der Waals surface area contributed by atoms with Crippen LogP contribution in [0.5, 0.6) is 0 Å². The molecule has 0 radical (unpaired) electrons. The van der Waals surface area contributed by atoms with E-state index < -0.39 is 23.1 Å². The van der Waals surface area contributed by atoms with Crippen LogP contribution in [0.3, 0.4) is 0 Å². The maximum atomic E-state index is 13.1. The zero-order chi connectivity index (χ0) is 16.9. The van der Waals surface area contributed by atoms with Crippen LogP contribution in [0.2, 0.25) is 0 Å². The van der Waals surface area contributed by atoms with E-state index >= 15 is 0 Å². The molecular weight excluding hydrogens is 290 g/mol. The summed E-state index contributed by atoms with van der Waals surface area (Å²) in [4.78, 5) is 23.4. The van der Waals surface area contributed by atoms with E-state index in [2.05, 4.69) is 10.6 Å². The topological polar surface area (TPSA) is 58.2 Å². The molecule has 1 aromatic carbocycles. The second-order valence-corrected chi connectivity index (χ2v) is 6.22. The van der Waals surface area contributed by atoms with E-state index in [1.54, 1.807) is 27.7 Å². The molecule has 0 aliphatic heterocycles. The summed E-state index contributed by atoms with van der Waals surface area (Å²) < 4.78 is 26.0. The summed E-state index contributed by atoms with van der Waals surface area (Å²) in [5.74, 6) is -2.27. The fraction of sp³-hybridized carbons (Fsp3) is 0.500. The van der Waals surface area contributed by atoms with Crippen LogP contribution < -0.4 is 10.6 Å². The highest BCUT2D eigenvalue weighted by molar-refractivity contribution is 5.82. The van der Waals surface area contributed by atoms with Crippen LogP contribution in [-0.4, -0.2) is 18.4 Å². The fourth-order valence-electron chi connectivity index (χ4n) is 1.73. The molecule has 22 heavy (non-hydrogen) atoms. The molecule has 1 atom stereocenters. The first-order valence-corrected chi connectivity index (χ1v) is 7.14. The number of benzene rings is 1. The molecule has 1 unspecified atom stereocenters. The van der Waals surface area contributed by atoms with Gasteiger partial charge in [0.1, 0.15) is 0 Å². The monoisotopic (exact) mass is 312 g/mol. The van der Waals surface area contributed by atoms with Crippen LogP contribution in [0.25, 0.3) is 0 Å². The number of hydrogen-bond acceptors (Lipinski definition) is 2. The lowest BCUT2D eigenvalue weighted by Gasteiger charge is -2.18. The maximum Gasteiger partial charge on any atom is 0.225 e. The molecule has 0 heterocycles. The smallest absolute Gasteiger partial charge is 0.225 e. The van der Waals surface area contributed by atoms with E-state index in [1.165, 1.54) is 6.07 Å². The zero-order valence-corrected chi connectivity index (χ0v) is 13.3. The van der Waals surface area contributed by atoms with Gasteiger partial charge in [-0.2, -0.15) is 0 Å². The van der Waals surface area contributed by atoms with Crippen molar-refractivity contribution in [1.29, 1.82) is 0 Å². The Morgan fingerprint density at radius 2 is 1.82 bits per heavy atom. The van der Waals surface area contributed by atoms with E-state index in [1.807, 2.05) is 0 Å². The van der Waals surface area contributed by atoms with Crippen LogP contribution in [0.4, 0.5) is 8.78 Å². The maximum absolute atomic E-state index is 13.1. The van der Waals surface area contributed by atoms with Gasteiger partial charge in [0.15, 0.2) is 11.6 Å². The van der Waals surface area contributed by atoms with Gasteiger partial charge in [-0.3, -0.25) is 9.59 Å². The third kappa shape index (κ3) is 5.42. The summed E-state index contributed by atoms with van der Waals surface area (Å²) in [5, 5.41) is 5.35. The number of rotatable bonds is 5. The highest BCUT2D eigenvalue weighted by atomic mass is 19.2.